The number of aromatic nitrogens is 2. The van der Waals surface area contributed by atoms with E-state index in [9.17, 15) is 13.2 Å². The van der Waals surface area contributed by atoms with Gasteiger partial charge in [0.1, 0.15) is 5.82 Å². The highest BCUT2D eigenvalue weighted by atomic mass is 19.4. The number of nitrogens with one attached hydrogen (secondary N) is 2. The van der Waals surface area contributed by atoms with E-state index in [2.05, 4.69) is 20.6 Å². The molecule has 0 aliphatic heterocycles. The van der Waals surface area contributed by atoms with Gasteiger partial charge in [0.25, 0.3) is 0 Å². The molecule has 0 aliphatic rings. The maximum absolute atomic E-state index is 13.1. The van der Waals surface area contributed by atoms with Gasteiger partial charge in [0.15, 0.2) is 0 Å². The molecular weight excluding hydrogens is 343 g/mol. The van der Waals surface area contributed by atoms with Crippen LogP contribution in [0.3, 0.4) is 0 Å². The van der Waals surface area contributed by atoms with Crippen molar-refractivity contribution in [3.63, 3.8) is 0 Å². The second kappa shape index (κ2) is 7.11. The molecule has 0 atom stereocenters. The highest BCUT2D eigenvalue weighted by molar-refractivity contribution is 5.63. The van der Waals surface area contributed by atoms with Crippen molar-refractivity contribution in [1.29, 1.82) is 5.26 Å². The number of para-hydroxylation sites is 1. The molecule has 1 aromatic heterocycles. The van der Waals surface area contributed by atoms with Gasteiger partial charge in [0, 0.05) is 11.9 Å². The number of nitrogens with zero attached hydrogens (tertiary/aromatic N) is 3. The molecule has 2 aromatic carbocycles. The van der Waals surface area contributed by atoms with Crippen LogP contribution in [0.1, 0.15) is 11.1 Å². The van der Waals surface area contributed by atoms with Crippen LogP contribution < -0.4 is 10.6 Å². The molecule has 3 rings (SSSR count). The SMILES string of the molecule is N#Cc1cccc(Nc2nccc(Nc3ccccc3C(F)(F)F)n2)c1. The Balaban J connectivity index is 1.84. The summed E-state index contributed by atoms with van der Waals surface area (Å²) in [5, 5.41) is 14.5. The normalized spacial score (nSPS) is 10.8. The first-order valence-corrected chi connectivity index (χ1v) is 7.49. The van der Waals surface area contributed by atoms with E-state index < -0.39 is 11.7 Å². The molecule has 0 aliphatic carbocycles. The molecule has 0 bridgehead atoms. The van der Waals surface area contributed by atoms with E-state index in [1.807, 2.05) is 6.07 Å². The number of benzene rings is 2. The first-order valence-electron chi connectivity index (χ1n) is 7.49. The van der Waals surface area contributed by atoms with Crippen LogP contribution >= 0.6 is 0 Å². The Bertz CT molecular complexity index is 963. The number of halogens is 3. The van der Waals surface area contributed by atoms with Crippen LogP contribution in [-0.2, 0) is 6.18 Å². The van der Waals surface area contributed by atoms with Gasteiger partial charge >= 0.3 is 6.18 Å². The third-order valence-corrected chi connectivity index (χ3v) is 3.40. The number of rotatable bonds is 4. The van der Waals surface area contributed by atoms with Gasteiger partial charge in [-0.05, 0) is 36.4 Å². The smallest absolute Gasteiger partial charge is 0.340 e. The lowest BCUT2D eigenvalue weighted by molar-refractivity contribution is -0.136. The van der Waals surface area contributed by atoms with Crippen LogP contribution in [0.2, 0.25) is 0 Å². The lowest BCUT2D eigenvalue weighted by Gasteiger charge is -2.14. The van der Waals surface area contributed by atoms with Gasteiger partial charge in [-0.25, -0.2) is 4.98 Å². The second-order valence-corrected chi connectivity index (χ2v) is 5.25. The molecule has 0 saturated carbocycles. The molecule has 0 spiro atoms. The van der Waals surface area contributed by atoms with Gasteiger partial charge in [-0.1, -0.05) is 18.2 Å². The average molecular weight is 355 g/mol. The molecule has 0 amide bonds. The fourth-order valence-corrected chi connectivity index (χ4v) is 2.26. The summed E-state index contributed by atoms with van der Waals surface area (Å²) in [6.45, 7) is 0. The van der Waals surface area contributed by atoms with Gasteiger partial charge in [0.05, 0.1) is 22.9 Å². The van der Waals surface area contributed by atoms with E-state index in [1.54, 1.807) is 24.3 Å². The van der Waals surface area contributed by atoms with Crippen molar-refractivity contribution < 1.29 is 13.2 Å². The molecule has 26 heavy (non-hydrogen) atoms. The van der Waals surface area contributed by atoms with Crippen molar-refractivity contribution in [3.05, 3.63) is 71.9 Å². The Morgan fingerprint density at radius 1 is 0.962 bits per heavy atom. The molecule has 0 saturated heterocycles. The number of alkyl halides is 3. The van der Waals surface area contributed by atoms with Gasteiger partial charge in [-0.15, -0.1) is 0 Å². The summed E-state index contributed by atoms with van der Waals surface area (Å²) in [5.41, 5.74) is 0.172. The van der Waals surface area contributed by atoms with Crippen LogP contribution in [-0.4, -0.2) is 9.97 Å². The summed E-state index contributed by atoms with van der Waals surface area (Å²) in [5.74, 6) is 0.394. The van der Waals surface area contributed by atoms with Crippen molar-refractivity contribution in [2.24, 2.45) is 0 Å². The molecule has 3 aromatic rings. The number of hydrogen-bond acceptors (Lipinski definition) is 5. The average Bonchev–Trinajstić information content (AvgIpc) is 2.62. The third kappa shape index (κ3) is 4.08. The Kier molecular flexibility index (Phi) is 4.71. The van der Waals surface area contributed by atoms with E-state index in [0.29, 0.717) is 11.3 Å². The minimum Gasteiger partial charge on any atom is -0.340 e. The van der Waals surface area contributed by atoms with E-state index in [4.69, 9.17) is 5.26 Å². The molecule has 5 nitrogen and oxygen atoms in total. The minimum absolute atomic E-state index is 0.101. The molecular formula is C18H12F3N5. The highest BCUT2D eigenvalue weighted by Crippen LogP contribution is 2.35. The maximum atomic E-state index is 13.1. The Hall–Kier alpha value is -3.60. The Morgan fingerprint density at radius 3 is 2.54 bits per heavy atom. The largest absolute Gasteiger partial charge is 0.418 e. The molecule has 130 valence electrons. The van der Waals surface area contributed by atoms with Gasteiger partial charge < -0.3 is 10.6 Å². The quantitative estimate of drug-likeness (QED) is 0.699. The molecule has 0 unspecified atom stereocenters. The maximum Gasteiger partial charge on any atom is 0.418 e. The van der Waals surface area contributed by atoms with Crippen LogP contribution in [0, 0.1) is 11.3 Å². The fraction of sp³-hybridized carbons (Fsp3) is 0.0556. The number of nitriles is 1. The van der Waals surface area contributed by atoms with Crippen molar-refractivity contribution in [2.75, 3.05) is 10.6 Å². The minimum atomic E-state index is -4.48. The molecule has 2 N–H and O–H groups in total. The summed E-state index contributed by atoms with van der Waals surface area (Å²) in [6.07, 6.45) is -3.06. The van der Waals surface area contributed by atoms with Gasteiger partial charge in [-0.2, -0.15) is 23.4 Å². The molecule has 1 heterocycles. The van der Waals surface area contributed by atoms with Gasteiger partial charge in [-0.3, -0.25) is 0 Å². The lowest BCUT2D eigenvalue weighted by Crippen LogP contribution is -2.09. The Labute approximate surface area is 147 Å². The van der Waals surface area contributed by atoms with Crippen LogP contribution in [0.15, 0.2) is 60.8 Å². The van der Waals surface area contributed by atoms with Crippen molar-refractivity contribution in [3.8, 4) is 6.07 Å². The Morgan fingerprint density at radius 2 is 1.77 bits per heavy atom. The zero-order chi connectivity index (χ0) is 18.6. The van der Waals surface area contributed by atoms with Gasteiger partial charge in [0.2, 0.25) is 5.95 Å². The van der Waals surface area contributed by atoms with E-state index in [-0.39, 0.29) is 17.5 Å². The topological polar surface area (TPSA) is 73.6 Å². The summed E-state index contributed by atoms with van der Waals surface area (Å²) in [7, 11) is 0. The second-order valence-electron chi connectivity index (χ2n) is 5.25. The third-order valence-electron chi connectivity index (χ3n) is 3.40. The summed E-state index contributed by atoms with van der Waals surface area (Å²) < 4.78 is 39.2. The summed E-state index contributed by atoms with van der Waals surface area (Å²) in [4.78, 5) is 8.19. The van der Waals surface area contributed by atoms with E-state index >= 15 is 0 Å². The monoisotopic (exact) mass is 355 g/mol. The zero-order valence-electron chi connectivity index (χ0n) is 13.2. The van der Waals surface area contributed by atoms with Crippen LogP contribution in [0.25, 0.3) is 0 Å². The fourth-order valence-electron chi connectivity index (χ4n) is 2.26. The lowest BCUT2D eigenvalue weighted by atomic mass is 10.1. The van der Waals surface area contributed by atoms with E-state index in [1.165, 1.54) is 30.5 Å². The summed E-state index contributed by atoms with van der Waals surface area (Å²) >= 11 is 0. The van der Waals surface area contributed by atoms with Crippen molar-refractivity contribution >= 4 is 23.1 Å². The first kappa shape index (κ1) is 17.2. The van der Waals surface area contributed by atoms with Crippen molar-refractivity contribution in [2.45, 2.75) is 6.18 Å². The van der Waals surface area contributed by atoms with Crippen LogP contribution in [0.5, 0.6) is 0 Å². The van der Waals surface area contributed by atoms with Crippen molar-refractivity contribution in [1.82, 2.24) is 9.97 Å². The zero-order valence-corrected chi connectivity index (χ0v) is 13.2. The summed E-state index contributed by atoms with van der Waals surface area (Å²) in [6, 6.07) is 15.3. The predicted octanol–water partition coefficient (Wildman–Crippen LogP) is 4.85. The highest BCUT2D eigenvalue weighted by Gasteiger charge is 2.33. The number of anilines is 4. The molecule has 8 heteroatoms. The predicted molar refractivity (Wildman–Crippen MR) is 91.2 cm³/mol. The number of hydrogen-bond donors (Lipinski definition) is 2. The molecule has 0 fully saturated rings. The van der Waals surface area contributed by atoms with E-state index in [0.717, 1.165) is 6.07 Å². The molecule has 0 radical (unpaired) electrons. The first-order chi connectivity index (χ1) is 12.5. The standard InChI is InChI=1S/C18H12F3N5/c19-18(20,21)14-6-1-2-7-15(14)25-16-8-9-23-17(26-16)24-13-5-3-4-12(10-13)11-22/h1-10H,(H2,23,24,25,26). The van der Waals surface area contributed by atoms with Crippen LogP contribution in [0.4, 0.5) is 36.3 Å².